The van der Waals surface area contributed by atoms with Crippen molar-refractivity contribution in [3.63, 3.8) is 0 Å². The van der Waals surface area contributed by atoms with Crippen LogP contribution in [0, 0.1) is 6.92 Å². The van der Waals surface area contributed by atoms with E-state index < -0.39 is 0 Å². The highest BCUT2D eigenvalue weighted by Crippen LogP contribution is 2.25. The minimum atomic E-state index is -0.184. The molecule has 0 radical (unpaired) electrons. The fraction of sp³-hybridized carbons (Fsp3) is 0.350. The number of rotatable bonds is 5. The summed E-state index contributed by atoms with van der Waals surface area (Å²) in [6, 6.07) is 15.7. The third-order valence-electron chi connectivity index (χ3n) is 4.76. The minimum Gasteiger partial charge on any atom is -0.394 e. The Morgan fingerprint density at radius 3 is 2.60 bits per heavy atom. The van der Waals surface area contributed by atoms with Crippen molar-refractivity contribution in [1.29, 1.82) is 0 Å². The van der Waals surface area contributed by atoms with E-state index in [1.165, 1.54) is 11.1 Å². The molecular weight excluding hydrogens is 316 g/mol. The number of nitrogens with one attached hydrogen (secondary N) is 1. The largest absolute Gasteiger partial charge is 0.394 e. The van der Waals surface area contributed by atoms with Gasteiger partial charge in [-0.2, -0.15) is 5.48 Å². The zero-order chi connectivity index (χ0) is 17.8. The summed E-state index contributed by atoms with van der Waals surface area (Å²) in [6.07, 6.45) is 0.678. The first-order valence-electron chi connectivity index (χ1n) is 8.50. The van der Waals surface area contributed by atoms with Gasteiger partial charge in [0.2, 0.25) is 0 Å². The molecule has 1 fully saturated rings. The highest BCUT2D eigenvalue weighted by molar-refractivity contribution is 5.95. The van der Waals surface area contributed by atoms with Crippen LogP contribution in [-0.4, -0.2) is 48.3 Å². The van der Waals surface area contributed by atoms with Crippen LogP contribution < -0.4 is 5.48 Å². The molecule has 0 saturated carbocycles. The van der Waals surface area contributed by atoms with Gasteiger partial charge in [0.05, 0.1) is 25.8 Å². The monoisotopic (exact) mass is 340 g/mol. The molecule has 0 bridgehead atoms. The number of hydrogen-bond acceptors (Lipinski definition) is 4. The molecule has 1 amide bonds. The Morgan fingerprint density at radius 1 is 1.24 bits per heavy atom. The molecule has 2 N–H and O–H groups in total. The molecular formula is C20H24N2O3. The molecule has 0 aliphatic carbocycles. The van der Waals surface area contributed by atoms with Gasteiger partial charge in [0.25, 0.3) is 5.91 Å². The molecule has 0 aromatic heterocycles. The maximum Gasteiger partial charge on any atom is 0.254 e. The molecule has 1 saturated heterocycles. The van der Waals surface area contributed by atoms with Crippen molar-refractivity contribution in [2.75, 3.05) is 20.3 Å². The van der Waals surface area contributed by atoms with Crippen molar-refractivity contribution in [2.45, 2.75) is 25.4 Å². The number of carbonyl (C=O) groups is 1. The SMILES string of the molecule is CON[C@@H]1C[C@@H](CO)N(C(=O)c2ccc(-c3ccccc3C)cc2)C1. The van der Waals surface area contributed by atoms with Crippen molar-refractivity contribution < 1.29 is 14.7 Å². The third kappa shape index (κ3) is 3.74. The second-order valence-corrected chi connectivity index (χ2v) is 6.44. The molecule has 132 valence electrons. The molecule has 1 aliphatic heterocycles. The predicted molar refractivity (Wildman–Crippen MR) is 97.1 cm³/mol. The number of aryl methyl sites for hydroxylation is 1. The lowest BCUT2D eigenvalue weighted by Gasteiger charge is -2.23. The van der Waals surface area contributed by atoms with E-state index >= 15 is 0 Å². The van der Waals surface area contributed by atoms with Crippen LogP contribution in [0.4, 0.5) is 0 Å². The molecule has 0 spiro atoms. The molecule has 5 heteroatoms. The first-order chi connectivity index (χ1) is 12.1. The van der Waals surface area contributed by atoms with Crippen molar-refractivity contribution in [2.24, 2.45) is 0 Å². The number of nitrogens with zero attached hydrogens (tertiary/aromatic N) is 1. The maximum atomic E-state index is 12.8. The van der Waals surface area contributed by atoms with E-state index in [2.05, 4.69) is 24.5 Å². The summed E-state index contributed by atoms with van der Waals surface area (Å²) >= 11 is 0. The molecule has 25 heavy (non-hydrogen) atoms. The molecule has 0 unspecified atom stereocenters. The average molecular weight is 340 g/mol. The molecule has 5 nitrogen and oxygen atoms in total. The third-order valence-corrected chi connectivity index (χ3v) is 4.76. The van der Waals surface area contributed by atoms with Crippen LogP contribution >= 0.6 is 0 Å². The Hall–Kier alpha value is -2.21. The van der Waals surface area contributed by atoms with Gasteiger partial charge in [0.1, 0.15) is 0 Å². The predicted octanol–water partition coefficient (Wildman–Crippen LogP) is 2.39. The Morgan fingerprint density at radius 2 is 1.96 bits per heavy atom. The van der Waals surface area contributed by atoms with Crippen LogP contribution in [-0.2, 0) is 4.84 Å². The Kier molecular flexibility index (Phi) is 5.48. The number of amides is 1. The van der Waals surface area contributed by atoms with Gasteiger partial charge < -0.3 is 14.8 Å². The summed E-state index contributed by atoms with van der Waals surface area (Å²) in [5.74, 6) is -0.0595. The summed E-state index contributed by atoms with van der Waals surface area (Å²) < 4.78 is 0. The normalized spacial score (nSPS) is 20.0. The number of aliphatic hydroxyl groups is 1. The second-order valence-electron chi connectivity index (χ2n) is 6.44. The van der Waals surface area contributed by atoms with Crippen molar-refractivity contribution >= 4 is 5.91 Å². The van der Waals surface area contributed by atoms with Gasteiger partial charge in [0.15, 0.2) is 0 Å². The maximum absolute atomic E-state index is 12.8. The molecule has 2 aromatic rings. The number of hydrogen-bond donors (Lipinski definition) is 2. The second kappa shape index (κ2) is 7.78. The van der Waals surface area contributed by atoms with Gasteiger partial charge in [-0.15, -0.1) is 0 Å². The van der Waals surface area contributed by atoms with E-state index in [1.807, 2.05) is 36.4 Å². The van der Waals surface area contributed by atoms with E-state index in [-0.39, 0.29) is 24.6 Å². The zero-order valence-electron chi connectivity index (χ0n) is 14.6. The van der Waals surface area contributed by atoms with E-state index in [9.17, 15) is 9.90 Å². The smallest absolute Gasteiger partial charge is 0.254 e. The molecule has 2 atom stereocenters. The van der Waals surface area contributed by atoms with Gasteiger partial charge in [-0.05, 0) is 42.2 Å². The number of aliphatic hydroxyl groups excluding tert-OH is 1. The van der Waals surface area contributed by atoms with Crippen LogP contribution in [0.1, 0.15) is 22.3 Å². The molecule has 3 rings (SSSR count). The van der Waals surface area contributed by atoms with Gasteiger partial charge in [-0.1, -0.05) is 36.4 Å². The van der Waals surface area contributed by atoms with Gasteiger partial charge in [-0.25, -0.2) is 0 Å². The van der Waals surface area contributed by atoms with Crippen LogP contribution in [0.2, 0.25) is 0 Å². The topological polar surface area (TPSA) is 61.8 Å². The van der Waals surface area contributed by atoms with Crippen LogP contribution in [0.3, 0.4) is 0 Å². The lowest BCUT2D eigenvalue weighted by atomic mass is 9.99. The summed E-state index contributed by atoms with van der Waals surface area (Å²) in [4.78, 5) is 19.5. The molecule has 1 aliphatic rings. The first-order valence-corrected chi connectivity index (χ1v) is 8.50. The Labute approximate surface area is 148 Å². The summed E-state index contributed by atoms with van der Waals surface area (Å²) in [6.45, 7) is 2.56. The van der Waals surface area contributed by atoms with Crippen molar-refractivity contribution in [3.05, 3.63) is 59.7 Å². The Balaban J connectivity index is 1.78. The first kappa shape index (κ1) is 17.6. The lowest BCUT2D eigenvalue weighted by molar-refractivity contribution is 0.0585. The number of hydroxylamine groups is 1. The summed E-state index contributed by atoms with van der Waals surface area (Å²) in [7, 11) is 1.56. The van der Waals surface area contributed by atoms with Crippen molar-refractivity contribution in [1.82, 2.24) is 10.4 Å². The molecule has 1 heterocycles. The van der Waals surface area contributed by atoms with E-state index in [1.54, 1.807) is 12.0 Å². The van der Waals surface area contributed by atoms with Gasteiger partial charge in [-0.3, -0.25) is 4.79 Å². The highest BCUT2D eigenvalue weighted by atomic mass is 16.6. The Bertz CT molecular complexity index is 730. The lowest BCUT2D eigenvalue weighted by Crippen LogP contribution is -2.38. The number of benzene rings is 2. The number of carbonyl (C=O) groups excluding carboxylic acids is 1. The van der Waals surface area contributed by atoms with Gasteiger partial charge in [0, 0.05) is 12.1 Å². The average Bonchev–Trinajstić information content (AvgIpc) is 3.05. The van der Waals surface area contributed by atoms with E-state index in [0.717, 1.165) is 5.56 Å². The highest BCUT2D eigenvalue weighted by Gasteiger charge is 2.35. The van der Waals surface area contributed by atoms with Gasteiger partial charge >= 0.3 is 0 Å². The van der Waals surface area contributed by atoms with Crippen LogP contribution in [0.15, 0.2) is 48.5 Å². The standard InChI is InChI=1S/C20H24N2O3/c1-14-5-3-4-6-19(14)15-7-9-16(10-8-15)20(24)22-12-17(21-25-2)11-18(22)13-23/h3-10,17-18,21,23H,11-13H2,1-2H3/t17-,18+/m1/s1. The van der Waals surface area contributed by atoms with Crippen LogP contribution in [0.5, 0.6) is 0 Å². The quantitative estimate of drug-likeness (QED) is 0.821. The van der Waals surface area contributed by atoms with Crippen LogP contribution in [0.25, 0.3) is 11.1 Å². The minimum absolute atomic E-state index is 0.0392. The zero-order valence-corrected chi connectivity index (χ0v) is 14.6. The summed E-state index contributed by atoms with van der Waals surface area (Å²) in [5, 5.41) is 9.58. The fourth-order valence-corrected chi connectivity index (χ4v) is 3.45. The summed E-state index contributed by atoms with van der Waals surface area (Å²) in [5.41, 5.74) is 6.97. The molecule has 2 aromatic carbocycles. The van der Waals surface area contributed by atoms with E-state index in [0.29, 0.717) is 18.5 Å². The van der Waals surface area contributed by atoms with Crippen molar-refractivity contribution in [3.8, 4) is 11.1 Å². The fourth-order valence-electron chi connectivity index (χ4n) is 3.45. The number of likely N-dealkylation sites (tertiary alicyclic amines) is 1. The van der Waals surface area contributed by atoms with E-state index in [4.69, 9.17) is 4.84 Å².